The van der Waals surface area contributed by atoms with E-state index >= 15 is 0 Å². The molecule has 3 N–H and O–H groups in total. The first-order valence-electron chi connectivity index (χ1n) is 8.81. The average Bonchev–Trinajstić information content (AvgIpc) is 2.73. The lowest BCUT2D eigenvalue weighted by Crippen LogP contribution is -2.23. The molecule has 0 fully saturated rings. The second-order valence-electron chi connectivity index (χ2n) is 6.15. The van der Waals surface area contributed by atoms with E-state index in [0.717, 1.165) is 21.4 Å². The number of carbonyl (C=O) groups excluding carboxylic acids is 2. The molecular formula is C22H20BrN3O2. The van der Waals surface area contributed by atoms with Crippen molar-refractivity contribution in [2.75, 3.05) is 17.2 Å². The third kappa shape index (κ3) is 5.96. The summed E-state index contributed by atoms with van der Waals surface area (Å²) in [6, 6.07) is 24.2. The lowest BCUT2D eigenvalue weighted by Gasteiger charge is -2.09. The molecule has 3 aromatic rings. The summed E-state index contributed by atoms with van der Waals surface area (Å²) in [7, 11) is 0. The Morgan fingerprint density at radius 3 is 2.11 bits per heavy atom. The lowest BCUT2D eigenvalue weighted by molar-refractivity contribution is -0.114. The van der Waals surface area contributed by atoms with Gasteiger partial charge in [-0.3, -0.25) is 9.59 Å². The van der Waals surface area contributed by atoms with Crippen LogP contribution in [-0.4, -0.2) is 18.4 Å². The number of nitrogens with one attached hydrogen (secondary N) is 3. The Bertz CT molecular complexity index is 926. The fourth-order valence-electron chi connectivity index (χ4n) is 2.54. The molecule has 2 amide bonds. The maximum absolute atomic E-state index is 12.2. The molecule has 0 bridgehead atoms. The molecule has 0 aliphatic carbocycles. The van der Waals surface area contributed by atoms with Crippen LogP contribution in [0.3, 0.4) is 0 Å². The van der Waals surface area contributed by atoms with Gasteiger partial charge in [-0.1, -0.05) is 46.3 Å². The fraction of sp³-hybridized carbons (Fsp3) is 0.0909. The van der Waals surface area contributed by atoms with Gasteiger partial charge in [0.05, 0.1) is 6.54 Å². The van der Waals surface area contributed by atoms with Crippen molar-refractivity contribution >= 4 is 39.1 Å². The van der Waals surface area contributed by atoms with Crippen LogP contribution in [0.15, 0.2) is 83.3 Å². The zero-order chi connectivity index (χ0) is 19.8. The van der Waals surface area contributed by atoms with Crippen LogP contribution in [0.25, 0.3) is 0 Å². The monoisotopic (exact) mass is 437 g/mol. The van der Waals surface area contributed by atoms with E-state index in [-0.39, 0.29) is 18.4 Å². The van der Waals surface area contributed by atoms with Crippen molar-refractivity contribution in [2.24, 2.45) is 0 Å². The SMILES string of the molecule is O=C(CNc1ccc(C(=O)NCc2ccccc2)cc1)Nc1ccc(Br)cc1. The molecule has 3 aromatic carbocycles. The molecule has 28 heavy (non-hydrogen) atoms. The predicted octanol–water partition coefficient (Wildman–Crippen LogP) is 4.43. The molecular weight excluding hydrogens is 418 g/mol. The maximum Gasteiger partial charge on any atom is 0.251 e. The van der Waals surface area contributed by atoms with Crippen LogP contribution in [-0.2, 0) is 11.3 Å². The fourth-order valence-corrected chi connectivity index (χ4v) is 2.80. The Morgan fingerprint density at radius 2 is 1.43 bits per heavy atom. The van der Waals surface area contributed by atoms with Crippen molar-refractivity contribution < 1.29 is 9.59 Å². The van der Waals surface area contributed by atoms with Gasteiger partial charge in [-0.15, -0.1) is 0 Å². The van der Waals surface area contributed by atoms with Crippen LogP contribution >= 0.6 is 15.9 Å². The quantitative estimate of drug-likeness (QED) is 0.511. The zero-order valence-corrected chi connectivity index (χ0v) is 16.7. The van der Waals surface area contributed by atoms with E-state index in [4.69, 9.17) is 0 Å². The highest BCUT2D eigenvalue weighted by atomic mass is 79.9. The minimum atomic E-state index is -0.146. The molecule has 0 saturated heterocycles. The van der Waals surface area contributed by atoms with Crippen molar-refractivity contribution in [1.29, 1.82) is 0 Å². The Balaban J connectivity index is 1.46. The topological polar surface area (TPSA) is 70.2 Å². The molecule has 0 unspecified atom stereocenters. The largest absolute Gasteiger partial charge is 0.376 e. The number of benzene rings is 3. The number of hydrogen-bond acceptors (Lipinski definition) is 3. The molecule has 0 atom stereocenters. The van der Waals surface area contributed by atoms with Crippen molar-refractivity contribution in [3.63, 3.8) is 0 Å². The summed E-state index contributed by atoms with van der Waals surface area (Å²) < 4.78 is 0.955. The summed E-state index contributed by atoms with van der Waals surface area (Å²) in [5.41, 5.74) is 3.12. The molecule has 0 aliphatic rings. The Kier molecular flexibility index (Phi) is 6.81. The minimum absolute atomic E-state index is 0.135. The van der Waals surface area contributed by atoms with Gasteiger partial charge in [0, 0.05) is 28.0 Å². The van der Waals surface area contributed by atoms with Crippen molar-refractivity contribution in [3.8, 4) is 0 Å². The van der Waals surface area contributed by atoms with E-state index < -0.39 is 0 Å². The first-order valence-corrected chi connectivity index (χ1v) is 9.61. The average molecular weight is 438 g/mol. The van der Waals surface area contributed by atoms with Crippen LogP contribution < -0.4 is 16.0 Å². The number of halogens is 1. The molecule has 0 spiro atoms. The van der Waals surface area contributed by atoms with E-state index in [9.17, 15) is 9.59 Å². The zero-order valence-electron chi connectivity index (χ0n) is 15.1. The number of anilines is 2. The highest BCUT2D eigenvalue weighted by Gasteiger charge is 2.06. The van der Waals surface area contributed by atoms with E-state index in [1.54, 1.807) is 24.3 Å². The second-order valence-corrected chi connectivity index (χ2v) is 7.07. The molecule has 142 valence electrons. The molecule has 3 rings (SSSR count). The highest BCUT2D eigenvalue weighted by molar-refractivity contribution is 9.10. The van der Waals surface area contributed by atoms with Gasteiger partial charge in [0.25, 0.3) is 5.91 Å². The maximum atomic E-state index is 12.2. The van der Waals surface area contributed by atoms with E-state index in [1.165, 1.54) is 0 Å². The van der Waals surface area contributed by atoms with E-state index in [1.807, 2.05) is 54.6 Å². The summed E-state index contributed by atoms with van der Waals surface area (Å²) in [4.78, 5) is 24.2. The number of hydrogen-bond donors (Lipinski definition) is 3. The van der Waals surface area contributed by atoms with Gasteiger partial charge >= 0.3 is 0 Å². The van der Waals surface area contributed by atoms with Gasteiger partial charge < -0.3 is 16.0 Å². The third-order valence-corrected chi connectivity index (χ3v) is 4.55. The molecule has 5 nitrogen and oxygen atoms in total. The van der Waals surface area contributed by atoms with Crippen LogP contribution in [0, 0.1) is 0 Å². The first-order chi connectivity index (χ1) is 13.6. The molecule has 0 radical (unpaired) electrons. The van der Waals surface area contributed by atoms with E-state index in [0.29, 0.717) is 12.1 Å². The number of amides is 2. The summed E-state index contributed by atoms with van der Waals surface area (Å²) >= 11 is 3.36. The van der Waals surface area contributed by atoms with Crippen LogP contribution in [0.5, 0.6) is 0 Å². The summed E-state index contributed by atoms with van der Waals surface area (Å²) in [6.45, 7) is 0.617. The molecule has 0 heterocycles. The normalized spacial score (nSPS) is 10.2. The highest BCUT2D eigenvalue weighted by Crippen LogP contribution is 2.14. The van der Waals surface area contributed by atoms with Crippen molar-refractivity contribution in [2.45, 2.75) is 6.54 Å². The number of rotatable bonds is 7. The molecule has 6 heteroatoms. The molecule has 0 aliphatic heterocycles. The van der Waals surface area contributed by atoms with Gasteiger partial charge in [-0.25, -0.2) is 0 Å². The van der Waals surface area contributed by atoms with Gasteiger partial charge in [-0.05, 0) is 54.1 Å². The third-order valence-electron chi connectivity index (χ3n) is 4.02. The Labute approximate surface area is 172 Å². The second kappa shape index (κ2) is 9.71. The summed E-state index contributed by atoms with van der Waals surface area (Å²) in [5, 5.41) is 8.75. The lowest BCUT2D eigenvalue weighted by atomic mass is 10.1. The van der Waals surface area contributed by atoms with E-state index in [2.05, 4.69) is 31.9 Å². The molecule has 0 aromatic heterocycles. The van der Waals surface area contributed by atoms with Crippen LogP contribution in [0.2, 0.25) is 0 Å². The summed E-state index contributed by atoms with van der Waals surface area (Å²) in [5.74, 6) is -0.282. The van der Waals surface area contributed by atoms with Crippen LogP contribution in [0.4, 0.5) is 11.4 Å². The van der Waals surface area contributed by atoms with Crippen LogP contribution in [0.1, 0.15) is 15.9 Å². The number of carbonyl (C=O) groups is 2. The standard InChI is InChI=1S/C22H20BrN3O2/c23-18-8-12-20(13-9-18)26-21(27)15-24-19-10-6-17(7-11-19)22(28)25-14-16-4-2-1-3-5-16/h1-13,24H,14-15H2,(H,25,28)(H,26,27). The first kappa shape index (κ1) is 19.6. The van der Waals surface area contributed by atoms with Crippen molar-refractivity contribution in [1.82, 2.24) is 5.32 Å². The smallest absolute Gasteiger partial charge is 0.251 e. The van der Waals surface area contributed by atoms with Gasteiger partial charge in [0.1, 0.15) is 0 Å². The minimum Gasteiger partial charge on any atom is -0.376 e. The Hall–Kier alpha value is -3.12. The molecule has 0 saturated carbocycles. The van der Waals surface area contributed by atoms with Crippen molar-refractivity contribution in [3.05, 3.63) is 94.5 Å². The van der Waals surface area contributed by atoms with Gasteiger partial charge in [0.15, 0.2) is 0 Å². The predicted molar refractivity (Wildman–Crippen MR) is 115 cm³/mol. The summed E-state index contributed by atoms with van der Waals surface area (Å²) in [6.07, 6.45) is 0. The van der Waals surface area contributed by atoms with Gasteiger partial charge in [0.2, 0.25) is 5.91 Å². The Morgan fingerprint density at radius 1 is 0.786 bits per heavy atom. The van der Waals surface area contributed by atoms with Gasteiger partial charge in [-0.2, -0.15) is 0 Å².